The number of carbonyl (C=O) groups is 11. The van der Waals surface area contributed by atoms with E-state index in [2.05, 4.69) is 58.5 Å². The highest BCUT2D eigenvalue weighted by Gasteiger charge is 2.37. The number of hydrogen-bond acceptors (Lipinski definition) is 18. The second-order valence-corrected chi connectivity index (χ2v) is 19.6. The van der Waals surface area contributed by atoms with Crippen LogP contribution in [0.3, 0.4) is 0 Å². The van der Waals surface area contributed by atoms with Gasteiger partial charge < -0.3 is 97.4 Å². The highest BCUT2D eigenvalue weighted by molar-refractivity contribution is 5.99. The number of rotatable bonds is 24. The molecule has 2 rings (SSSR count). The molecule has 0 saturated carbocycles. The fourth-order valence-electron chi connectivity index (χ4n) is 8.17. The summed E-state index contributed by atoms with van der Waals surface area (Å²) in [7, 11) is 0. The molecule has 79 heavy (non-hydrogen) atoms. The van der Waals surface area contributed by atoms with Crippen LogP contribution in [0.1, 0.15) is 91.5 Å². The summed E-state index contributed by atoms with van der Waals surface area (Å²) < 4.78 is 0. The molecule has 1 aromatic carbocycles. The van der Waals surface area contributed by atoms with E-state index in [4.69, 9.17) is 28.7 Å². The number of aliphatic hydroxyl groups excluding tert-OH is 2. The first kappa shape index (κ1) is 68.2. The van der Waals surface area contributed by atoms with Gasteiger partial charge in [0.05, 0.1) is 12.2 Å². The fourth-order valence-corrected chi connectivity index (χ4v) is 8.17. The lowest BCUT2D eigenvalue weighted by Gasteiger charge is -2.29. The molecule has 23 N–H and O–H groups in total. The van der Waals surface area contributed by atoms with Crippen molar-refractivity contribution in [2.45, 2.75) is 165 Å². The highest BCUT2D eigenvalue weighted by atomic mass is 16.3. The summed E-state index contributed by atoms with van der Waals surface area (Å²) in [5, 5.41) is 49.1. The predicted octanol–water partition coefficient (Wildman–Crippen LogP) is -7.44. The monoisotopic (exact) mass is 1120 g/mol. The quantitative estimate of drug-likeness (QED) is 0.0457. The maximum Gasteiger partial charge on any atom is 0.245 e. The minimum Gasteiger partial charge on any atom is -0.391 e. The second kappa shape index (κ2) is 35.6. The van der Waals surface area contributed by atoms with Crippen LogP contribution in [0.2, 0.25) is 0 Å². The normalized spacial score (nSPS) is 23.3. The van der Waals surface area contributed by atoms with Gasteiger partial charge in [-0.15, -0.1) is 0 Å². The summed E-state index contributed by atoms with van der Waals surface area (Å²) in [4.78, 5) is 152. The van der Waals surface area contributed by atoms with Crippen molar-refractivity contribution in [2.24, 2.45) is 34.6 Å². The Labute approximate surface area is 460 Å². The number of aliphatic hydroxyl groups is 2. The minimum atomic E-state index is -1.69. The molecular weight excluding hydrogens is 1030 g/mol. The molecule has 1 heterocycles. The van der Waals surface area contributed by atoms with Gasteiger partial charge in [-0.1, -0.05) is 51.1 Å². The Hall–Kier alpha value is -6.89. The van der Waals surface area contributed by atoms with Gasteiger partial charge in [-0.05, 0) is 103 Å². The van der Waals surface area contributed by atoms with Gasteiger partial charge >= 0.3 is 0 Å². The van der Waals surface area contributed by atoms with Crippen LogP contribution in [0.25, 0.3) is 0 Å². The predicted molar refractivity (Wildman–Crippen MR) is 289 cm³/mol. The average molecular weight is 1120 g/mol. The van der Waals surface area contributed by atoms with E-state index in [0.717, 1.165) is 0 Å². The zero-order valence-electron chi connectivity index (χ0n) is 45.8. The van der Waals surface area contributed by atoms with Gasteiger partial charge in [0.1, 0.15) is 60.4 Å². The summed E-state index contributed by atoms with van der Waals surface area (Å²) in [5.41, 5.74) is 29.7. The van der Waals surface area contributed by atoms with E-state index in [1.54, 1.807) is 51.1 Å². The Bertz CT molecular complexity index is 2190. The second-order valence-electron chi connectivity index (χ2n) is 19.6. The van der Waals surface area contributed by atoms with E-state index >= 15 is 0 Å². The molecular formula is C50H86N16O13. The lowest BCUT2D eigenvalue weighted by Crippen LogP contribution is -2.62. The SMILES string of the molecule is CCC(=O)N[C@@H](CCN)C(=O)N[C@H](C(=O)N[C@@H](CCN)C(=O)N[C@H]1CCNC(=O)[C@H]([C@@H](C)O)NC(=O)[C@H](CCN)NC(=O)[C@H](CCN)NC(=O)[C@H](CC(C)C)NC(=O)[C@@H](Cc2ccccc2)NC(=O)[C@H](CCN)NC1=O)[C@@H](C)O. The molecule has 444 valence electrons. The van der Waals surface area contributed by atoms with E-state index in [0.29, 0.717) is 5.56 Å². The van der Waals surface area contributed by atoms with Crippen molar-refractivity contribution >= 4 is 65.0 Å². The summed E-state index contributed by atoms with van der Waals surface area (Å²) in [6.45, 7) is 6.33. The van der Waals surface area contributed by atoms with Crippen molar-refractivity contribution in [1.82, 2.24) is 58.5 Å². The van der Waals surface area contributed by atoms with Crippen LogP contribution in [0, 0.1) is 5.92 Å². The van der Waals surface area contributed by atoms with Gasteiger partial charge in [0.15, 0.2) is 0 Å². The van der Waals surface area contributed by atoms with Crippen molar-refractivity contribution in [3.8, 4) is 0 Å². The minimum absolute atomic E-state index is 0.0241. The van der Waals surface area contributed by atoms with Crippen LogP contribution < -0.4 is 87.2 Å². The first-order valence-electron chi connectivity index (χ1n) is 26.7. The first-order chi connectivity index (χ1) is 37.4. The van der Waals surface area contributed by atoms with Crippen molar-refractivity contribution in [3.63, 3.8) is 0 Å². The van der Waals surface area contributed by atoms with Gasteiger partial charge in [-0.25, -0.2) is 0 Å². The Morgan fingerprint density at radius 2 is 1.04 bits per heavy atom. The summed E-state index contributed by atoms with van der Waals surface area (Å²) in [6, 6.07) is -6.22. The molecule has 12 atom stereocenters. The number of hydrogen-bond donors (Lipinski definition) is 18. The van der Waals surface area contributed by atoms with Crippen LogP contribution in [-0.4, -0.2) is 187 Å². The molecule has 29 heteroatoms. The van der Waals surface area contributed by atoms with E-state index < -0.39 is 151 Å². The van der Waals surface area contributed by atoms with E-state index in [9.17, 15) is 63.0 Å². The van der Waals surface area contributed by atoms with Crippen molar-refractivity contribution < 1.29 is 63.0 Å². The Morgan fingerprint density at radius 3 is 1.52 bits per heavy atom. The molecule has 29 nitrogen and oxygen atoms in total. The summed E-state index contributed by atoms with van der Waals surface area (Å²) in [5.74, 6) is -10.1. The van der Waals surface area contributed by atoms with Crippen LogP contribution in [0.4, 0.5) is 0 Å². The van der Waals surface area contributed by atoms with E-state index in [1.807, 2.05) is 0 Å². The lowest BCUT2D eigenvalue weighted by molar-refractivity contribution is -0.137. The number of benzene rings is 1. The molecule has 1 aromatic rings. The number of amides is 11. The number of nitrogens with one attached hydrogen (secondary N) is 11. The lowest BCUT2D eigenvalue weighted by atomic mass is 10.00. The van der Waals surface area contributed by atoms with Crippen LogP contribution in [-0.2, 0) is 59.2 Å². The molecule has 0 aliphatic carbocycles. The Kier molecular flexibility index (Phi) is 30.7. The van der Waals surface area contributed by atoms with Crippen molar-refractivity contribution in [1.29, 1.82) is 0 Å². The maximum absolute atomic E-state index is 14.4. The van der Waals surface area contributed by atoms with Crippen LogP contribution >= 0.6 is 0 Å². The molecule has 1 fully saturated rings. The van der Waals surface area contributed by atoms with E-state index in [1.165, 1.54) is 13.8 Å². The van der Waals surface area contributed by atoms with Crippen LogP contribution in [0.15, 0.2) is 30.3 Å². The van der Waals surface area contributed by atoms with E-state index in [-0.39, 0.29) is 90.0 Å². The molecule has 0 unspecified atom stereocenters. The molecule has 0 aromatic heterocycles. The third-order valence-electron chi connectivity index (χ3n) is 12.5. The Balaban J connectivity index is 2.74. The topological polar surface area (TPSA) is 491 Å². The first-order valence-corrected chi connectivity index (χ1v) is 26.7. The maximum atomic E-state index is 14.4. The van der Waals surface area contributed by atoms with Gasteiger partial charge in [0.25, 0.3) is 0 Å². The zero-order valence-corrected chi connectivity index (χ0v) is 45.8. The van der Waals surface area contributed by atoms with Gasteiger partial charge in [0.2, 0.25) is 65.0 Å². The standard InChI is InChI=1S/C50H86N16O13/c1-6-38(69)57-30(12-18-51)45(74)66-40(28(5)68)50(79)62-33(15-21-54)42(71)61-35-17-23-56-49(78)39(27(4)67)65-46(75)34(16-22-55)59-41(70)31(13-19-52)60-47(76)36(24-26(2)3)63-48(77)37(25-29-10-8-7-9-11-29)64-43(72)32(14-20-53)58-44(35)73/h7-11,26-28,30-37,39-40,67-68H,6,12-25,51-55H2,1-5H3,(H,56,78)(H,57,69)(H,58,73)(H,59,70)(H,60,76)(H,61,71)(H,62,79)(H,63,77)(H,64,72)(H,65,75)(H,66,74)/t27-,28-,30+,31+,32+,33+,34+,35+,36+,37-,39+,40+/m1/s1. The molecule has 1 aliphatic rings. The molecule has 0 spiro atoms. The third-order valence-corrected chi connectivity index (χ3v) is 12.5. The summed E-state index contributed by atoms with van der Waals surface area (Å²) in [6.07, 6.45) is -4.47. The van der Waals surface area contributed by atoms with Gasteiger partial charge in [-0.3, -0.25) is 52.7 Å². The third kappa shape index (κ3) is 23.5. The molecule has 1 aliphatic heterocycles. The number of carbonyl (C=O) groups excluding carboxylic acids is 11. The van der Waals surface area contributed by atoms with Crippen molar-refractivity contribution in [3.05, 3.63) is 35.9 Å². The molecule has 0 bridgehead atoms. The number of nitrogens with two attached hydrogens (primary N) is 5. The van der Waals surface area contributed by atoms with Gasteiger partial charge in [0, 0.05) is 19.4 Å². The Morgan fingerprint density at radius 1 is 0.570 bits per heavy atom. The zero-order chi connectivity index (χ0) is 59.4. The molecule has 11 amide bonds. The highest BCUT2D eigenvalue weighted by Crippen LogP contribution is 2.11. The smallest absolute Gasteiger partial charge is 0.245 e. The molecule has 0 radical (unpaired) electrons. The molecule has 1 saturated heterocycles. The fraction of sp³-hybridized carbons (Fsp3) is 0.660. The van der Waals surface area contributed by atoms with Crippen molar-refractivity contribution in [2.75, 3.05) is 39.3 Å². The van der Waals surface area contributed by atoms with Gasteiger partial charge in [-0.2, -0.15) is 0 Å². The largest absolute Gasteiger partial charge is 0.391 e. The average Bonchev–Trinajstić information content (AvgIpc) is 3.39. The van der Waals surface area contributed by atoms with Crippen LogP contribution in [0.5, 0.6) is 0 Å². The summed E-state index contributed by atoms with van der Waals surface area (Å²) >= 11 is 0.